The molecule has 0 saturated carbocycles. The molecule has 1 aromatic carbocycles. The fraction of sp³-hybridized carbons (Fsp3) is 0.211. The molecular formula is C19H16N4O3. The molecule has 1 amide bonds. The van der Waals surface area contributed by atoms with Gasteiger partial charge in [-0.3, -0.25) is 4.79 Å². The zero-order valence-electron chi connectivity index (χ0n) is 13.9. The van der Waals surface area contributed by atoms with Crippen molar-refractivity contribution in [2.45, 2.75) is 12.3 Å². The molecule has 4 aromatic rings. The lowest BCUT2D eigenvalue weighted by molar-refractivity contribution is 0.0785. The summed E-state index contributed by atoms with van der Waals surface area (Å²) in [4.78, 5) is 22.2. The fourth-order valence-electron chi connectivity index (χ4n) is 3.42. The number of benzene rings is 1. The van der Waals surface area contributed by atoms with Gasteiger partial charge in [-0.1, -0.05) is 23.4 Å². The van der Waals surface area contributed by atoms with Crippen LogP contribution in [-0.4, -0.2) is 39.0 Å². The van der Waals surface area contributed by atoms with Gasteiger partial charge in [0.2, 0.25) is 0 Å². The normalized spacial score (nSPS) is 17.2. The van der Waals surface area contributed by atoms with E-state index < -0.39 is 0 Å². The lowest BCUT2D eigenvalue weighted by Crippen LogP contribution is -2.28. The quantitative estimate of drug-likeness (QED) is 0.613. The number of likely N-dealkylation sites (tertiary alicyclic amines) is 1. The van der Waals surface area contributed by atoms with Gasteiger partial charge in [-0.25, -0.2) is 0 Å². The van der Waals surface area contributed by atoms with E-state index in [-0.39, 0.29) is 11.8 Å². The average Bonchev–Trinajstić information content (AvgIpc) is 3.47. The van der Waals surface area contributed by atoms with Crippen LogP contribution >= 0.6 is 0 Å². The Hall–Kier alpha value is -3.35. The molecule has 0 bridgehead atoms. The molecule has 4 heterocycles. The number of hydrogen-bond donors (Lipinski definition) is 1. The van der Waals surface area contributed by atoms with Crippen molar-refractivity contribution in [2.24, 2.45) is 0 Å². The van der Waals surface area contributed by atoms with Crippen molar-refractivity contribution < 1.29 is 13.7 Å². The topological polar surface area (TPSA) is 88.2 Å². The van der Waals surface area contributed by atoms with E-state index in [1.54, 1.807) is 18.4 Å². The number of rotatable bonds is 3. The van der Waals surface area contributed by atoms with Gasteiger partial charge in [-0.2, -0.15) is 4.98 Å². The summed E-state index contributed by atoms with van der Waals surface area (Å²) < 4.78 is 10.6. The lowest BCUT2D eigenvalue weighted by atomic mass is 10.1. The first-order valence-electron chi connectivity index (χ1n) is 8.52. The Balaban J connectivity index is 1.33. The molecule has 130 valence electrons. The Morgan fingerprint density at radius 1 is 1.23 bits per heavy atom. The van der Waals surface area contributed by atoms with E-state index in [0.29, 0.717) is 36.3 Å². The number of para-hydroxylation sites is 1. The van der Waals surface area contributed by atoms with E-state index in [9.17, 15) is 4.79 Å². The van der Waals surface area contributed by atoms with E-state index >= 15 is 0 Å². The van der Waals surface area contributed by atoms with E-state index in [2.05, 4.69) is 15.1 Å². The number of H-pyrrole nitrogens is 1. The second-order valence-corrected chi connectivity index (χ2v) is 6.44. The summed E-state index contributed by atoms with van der Waals surface area (Å²) in [5, 5.41) is 5.10. The van der Waals surface area contributed by atoms with Crippen molar-refractivity contribution in [2.75, 3.05) is 13.1 Å². The minimum absolute atomic E-state index is 0.00143. The first-order valence-corrected chi connectivity index (χ1v) is 8.52. The highest BCUT2D eigenvalue weighted by atomic mass is 16.5. The number of amides is 1. The maximum atomic E-state index is 12.8. The Morgan fingerprint density at radius 3 is 3.00 bits per heavy atom. The first-order chi connectivity index (χ1) is 12.8. The van der Waals surface area contributed by atoms with Crippen LogP contribution < -0.4 is 0 Å². The Labute approximate surface area is 148 Å². The SMILES string of the molecule is O=C(c1cc2ccccc2[nH]1)N1CC[C@@H](c2noc(-c3ccco3)n2)C1. The highest BCUT2D eigenvalue weighted by Crippen LogP contribution is 2.28. The molecule has 1 fully saturated rings. The molecule has 1 aliphatic rings. The maximum absolute atomic E-state index is 12.8. The molecule has 0 aliphatic carbocycles. The van der Waals surface area contributed by atoms with Crippen molar-refractivity contribution in [3.8, 4) is 11.7 Å². The number of carbonyl (C=O) groups excluding carboxylic acids is 1. The summed E-state index contributed by atoms with van der Waals surface area (Å²) in [5.41, 5.74) is 1.57. The number of carbonyl (C=O) groups is 1. The summed E-state index contributed by atoms with van der Waals surface area (Å²) in [5.74, 6) is 1.59. The third-order valence-electron chi connectivity index (χ3n) is 4.77. The van der Waals surface area contributed by atoms with Crippen LogP contribution in [-0.2, 0) is 0 Å². The molecular weight excluding hydrogens is 332 g/mol. The summed E-state index contributed by atoms with van der Waals surface area (Å²) in [6.07, 6.45) is 2.37. The van der Waals surface area contributed by atoms with Gasteiger partial charge in [0.05, 0.1) is 6.26 Å². The molecule has 7 nitrogen and oxygen atoms in total. The number of aromatic amines is 1. The van der Waals surface area contributed by atoms with E-state index in [0.717, 1.165) is 17.3 Å². The third-order valence-corrected chi connectivity index (χ3v) is 4.77. The third kappa shape index (κ3) is 2.48. The van der Waals surface area contributed by atoms with Crippen molar-refractivity contribution in [1.29, 1.82) is 0 Å². The average molecular weight is 348 g/mol. The van der Waals surface area contributed by atoms with Gasteiger partial charge in [0.25, 0.3) is 11.8 Å². The zero-order valence-corrected chi connectivity index (χ0v) is 13.9. The first kappa shape index (κ1) is 14.9. The molecule has 5 rings (SSSR count). The van der Waals surface area contributed by atoms with Gasteiger partial charge >= 0.3 is 0 Å². The molecule has 0 spiro atoms. The number of nitrogens with one attached hydrogen (secondary N) is 1. The van der Waals surface area contributed by atoms with Crippen LogP contribution in [0, 0.1) is 0 Å². The largest absolute Gasteiger partial charge is 0.459 e. The molecule has 1 atom stereocenters. The number of hydrogen-bond acceptors (Lipinski definition) is 5. The number of aromatic nitrogens is 3. The van der Waals surface area contributed by atoms with Crippen molar-refractivity contribution in [1.82, 2.24) is 20.0 Å². The van der Waals surface area contributed by atoms with Gasteiger partial charge in [0.15, 0.2) is 11.6 Å². The Bertz CT molecular complexity index is 1030. The van der Waals surface area contributed by atoms with Crippen LogP contribution in [0.15, 0.2) is 57.7 Å². The van der Waals surface area contributed by atoms with Crippen molar-refractivity contribution in [3.05, 3.63) is 60.2 Å². The van der Waals surface area contributed by atoms with Gasteiger partial charge < -0.3 is 18.8 Å². The van der Waals surface area contributed by atoms with Crippen molar-refractivity contribution >= 4 is 16.8 Å². The molecule has 1 aliphatic heterocycles. The Kier molecular flexibility index (Phi) is 3.38. The highest BCUT2D eigenvalue weighted by molar-refractivity contribution is 5.98. The number of furan rings is 1. The monoisotopic (exact) mass is 348 g/mol. The molecule has 0 radical (unpaired) electrons. The van der Waals surface area contributed by atoms with Gasteiger partial charge in [0.1, 0.15) is 5.69 Å². The lowest BCUT2D eigenvalue weighted by Gasteiger charge is -2.14. The number of fused-ring (bicyclic) bond motifs is 1. The summed E-state index contributed by atoms with van der Waals surface area (Å²) in [7, 11) is 0. The molecule has 0 unspecified atom stereocenters. The van der Waals surface area contributed by atoms with Gasteiger partial charge in [-0.15, -0.1) is 0 Å². The van der Waals surface area contributed by atoms with Gasteiger partial charge in [-0.05, 0) is 30.7 Å². The van der Waals surface area contributed by atoms with Crippen LogP contribution in [0.3, 0.4) is 0 Å². The van der Waals surface area contributed by atoms with E-state index in [1.165, 1.54) is 0 Å². The van der Waals surface area contributed by atoms with Crippen LogP contribution in [0.4, 0.5) is 0 Å². The van der Waals surface area contributed by atoms with E-state index in [1.807, 2.05) is 35.2 Å². The standard InChI is InChI=1S/C19H16N4O3/c24-19(15-10-12-4-1-2-5-14(12)20-15)23-8-7-13(11-23)17-21-18(26-22-17)16-6-3-9-25-16/h1-6,9-10,13,20H,7-8,11H2/t13-/m1/s1. The van der Waals surface area contributed by atoms with Crippen LogP contribution in [0.5, 0.6) is 0 Å². The second kappa shape index (κ2) is 5.87. The molecule has 1 saturated heterocycles. The smallest absolute Gasteiger partial charge is 0.293 e. The minimum Gasteiger partial charge on any atom is -0.459 e. The minimum atomic E-state index is -0.00143. The summed E-state index contributed by atoms with van der Waals surface area (Å²) in [6, 6.07) is 13.3. The summed E-state index contributed by atoms with van der Waals surface area (Å²) >= 11 is 0. The predicted molar refractivity (Wildman–Crippen MR) is 93.6 cm³/mol. The fourth-order valence-corrected chi connectivity index (χ4v) is 3.42. The summed E-state index contributed by atoms with van der Waals surface area (Å²) in [6.45, 7) is 1.24. The molecule has 26 heavy (non-hydrogen) atoms. The van der Waals surface area contributed by atoms with Crippen LogP contribution in [0.2, 0.25) is 0 Å². The number of nitrogens with zero attached hydrogens (tertiary/aromatic N) is 3. The zero-order chi connectivity index (χ0) is 17.5. The molecule has 3 aromatic heterocycles. The predicted octanol–water partition coefficient (Wildman–Crippen LogP) is 3.44. The highest BCUT2D eigenvalue weighted by Gasteiger charge is 2.32. The molecule has 7 heteroatoms. The van der Waals surface area contributed by atoms with Gasteiger partial charge in [0, 0.05) is 29.9 Å². The molecule has 1 N–H and O–H groups in total. The van der Waals surface area contributed by atoms with E-state index in [4.69, 9.17) is 8.94 Å². The van der Waals surface area contributed by atoms with Crippen LogP contribution in [0.25, 0.3) is 22.6 Å². The Morgan fingerprint density at radius 2 is 2.15 bits per heavy atom. The van der Waals surface area contributed by atoms with Crippen molar-refractivity contribution in [3.63, 3.8) is 0 Å². The second-order valence-electron chi connectivity index (χ2n) is 6.44. The maximum Gasteiger partial charge on any atom is 0.293 e. The van der Waals surface area contributed by atoms with Crippen LogP contribution in [0.1, 0.15) is 28.7 Å².